The second kappa shape index (κ2) is 9.40. The van der Waals surface area contributed by atoms with E-state index in [9.17, 15) is 14.1 Å². The molecule has 2 N–H and O–H groups in total. The molecule has 0 spiro atoms. The summed E-state index contributed by atoms with van der Waals surface area (Å²) in [5, 5.41) is 5.38. The van der Waals surface area contributed by atoms with Crippen LogP contribution in [-0.2, 0) is 26.3 Å². The van der Waals surface area contributed by atoms with Gasteiger partial charge in [0.15, 0.2) is 4.90 Å². The molecule has 0 fully saturated rings. The van der Waals surface area contributed by atoms with E-state index in [1.807, 2.05) is 32.0 Å². The van der Waals surface area contributed by atoms with Gasteiger partial charge < -0.3 is 19.3 Å². The molecule has 8 heteroatoms. The number of benzene rings is 2. The first kappa shape index (κ1) is 22.0. The summed E-state index contributed by atoms with van der Waals surface area (Å²) in [5.74, 6) is 1.11. The fraction of sp³-hybridized carbons (Fsp3) is 0.364. The maximum atomic E-state index is 12.4. The fourth-order valence-corrected chi connectivity index (χ4v) is 4.32. The van der Waals surface area contributed by atoms with Crippen molar-refractivity contribution in [2.24, 2.45) is 0 Å². The molecule has 2 aromatic rings. The molecular weight excluding hydrogens is 404 g/mol. The molecule has 1 unspecified atom stereocenters. The number of nitrogens with one attached hydrogen (secondary N) is 2. The van der Waals surface area contributed by atoms with Crippen LogP contribution in [0.1, 0.15) is 39.2 Å². The van der Waals surface area contributed by atoms with Gasteiger partial charge in [0.1, 0.15) is 17.1 Å². The molecule has 0 aliphatic carbocycles. The number of hydrogen-bond acceptors (Lipinski definition) is 5. The Morgan fingerprint density at radius 3 is 2.63 bits per heavy atom. The van der Waals surface area contributed by atoms with Gasteiger partial charge in [-0.1, -0.05) is 0 Å². The lowest BCUT2D eigenvalue weighted by Crippen LogP contribution is -2.34. The van der Waals surface area contributed by atoms with Crippen LogP contribution in [0.15, 0.2) is 47.4 Å². The van der Waals surface area contributed by atoms with Gasteiger partial charge in [-0.2, -0.15) is 0 Å². The number of carbonyl (C=O) groups excluding carboxylic acids is 2. The molecule has 0 saturated carbocycles. The van der Waals surface area contributed by atoms with E-state index >= 15 is 0 Å². The quantitative estimate of drug-likeness (QED) is 0.477. The number of hydrogen-bond donors (Lipinski definition) is 2. The van der Waals surface area contributed by atoms with Crippen molar-refractivity contribution < 1.29 is 23.6 Å². The van der Waals surface area contributed by atoms with Crippen LogP contribution in [0.3, 0.4) is 0 Å². The van der Waals surface area contributed by atoms with E-state index in [0.717, 1.165) is 29.0 Å². The minimum absolute atomic E-state index is 0.136. The molecule has 2 amide bonds. The Bertz CT molecular complexity index is 914. The molecule has 1 atom stereocenters. The minimum Gasteiger partial charge on any atom is -0.611 e. The number of ether oxygens (including phenoxy) is 2. The molecule has 0 bridgehead atoms. The molecule has 30 heavy (non-hydrogen) atoms. The van der Waals surface area contributed by atoms with Gasteiger partial charge in [0.2, 0.25) is 5.91 Å². The van der Waals surface area contributed by atoms with Crippen LogP contribution < -0.4 is 15.4 Å². The van der Waals surface area contributed by atoms with Crippen LogP contribution in [0.25, 0.3) is 0 Å². The zero-order valence-electron chi connectivity index (χ0n) is 17.3. The zero-order chi connectivity index (χ0) is 21.7. The average molecular weight is 431 g/mol. The zero-order valence-corrected chi connectivity index (χ0v) is 18.1. The molecule has 1 aliphatic rings. The molecule has 7 nitrogen and oxygen atoms in total. The SMILES string of the molecule is CC(=O)Nc1ccc([S+]([O-])CCCCOc2ccc3c(c2)C(C)(C)OC(=O)N3)cc1. The maximum Gasteiger partial charge on any atom is 0.412 e. The van der Waals surface area contributed by atoms with E-state index in [1.165, 1.54) is 6.92 Å². The lowest BCUT2D eigenvalue weighted by atomic mass is 9.94. The molecule has 3 rings (SSSR count). The number of unbranched alkanes of at least 4 members (excludes halogenated alkanes) is 1. The fourth-order valence-electron chi connectivity index (χ4n) is 3.18. The van der Waals surface area contributed by atoms with Crippen molar-refractivity contribution in [3.63, 3.8) is 0 Å². The monoisotopic (exact) mass is 430 g/mol. The van der Waals surface area contributed by atoms with E-state index < -0.39 is 22.9 Å². The lowest BCUT2D eigenvalue weighted by Gasteiger charge is -2.32. The third kappa shape index (κ3) is 5.67. The molecule has 1 heterocycles. The highest BCUT2D eigenvalue weighted by atomic mass is 32.2. The van der Waals surface area contributed by atoms with Gasteiger partial charge in [-0.25, -0.2) is 4.79 Å². The summed E-state index contributed by atoms with van der Waals surface area (Å²) in [6.07, 6.45) is 1.07. The van der Waals surface area contributed by atoms with Gasteiger partial charge >= 0.3 is 6.09 Å². The van der Waals surface area contributed by atoms with Crippen LogP contribution in [0.2, 0.25) is 0 Å². The standard InChI is InChI=1S/C22H26N2O5S/c1-15(25)23-16-6-9-18(10-7-16)30(27)13-5-4-12-28-17-8-11-20-19(14-17)22(2,3)29-21(26)24-20/h6-11,14H,4-5,12-13H2,1-3H3,(H,23,25)(H,24,26). The molecular formula is C22H26N2O5S. The Morgan fingerprint density at radius 1 is 1.20 bits per heavy atom. The summed E-state index contributed by atoms with van der Waals surface area (Å²) in [4.78, 5) is 23.4. The Balaban J connectivity index is 1.44. The summed E-state index contributed by atoms with van der Waals surface area (Å²) in [6.45, 7) is 5.63. The first-order valence-corrected chi connectivity index (χ1v) is 11.1. The predicted octanol–water partition coefficient (Wildman–Crippen LogP) is 4.41. The highest BCUT2D eigenvalue weighted by Gasteiger charge is 2.33. The van der Waals surface area contributed by atoms with Crippen molar-refractivity contribution in [3.8, 4) is 5.75 Å². The number of amides is 2. The summed E-state index contributed by atoms with van der Waals surface area (Å²) >= 11 is -1.09. The third-order valence-electron chi connectivity index (χ3n) is 4.65. The summed E-state index contributed by atoms with van der Waals surface area (Å²) < 4.78 is 23.6. The van der Waals surface area contributed by atoms with Crippen LogP contribution in [0.5, 0.6) is 5.75 Å². The highest BCUT2D eigenvalue weighted by Crippen LogP contribution is 2.37. The molecule has 2 aromatic carbocycles. The number of carbonyl (C=O) groups is 2. The molecule has 0 radical (unpaired) electrons. The van der Waals surface area contributed by atoms with Gasteiger partial charge in [-0.3, -0.25) is 10.1 Å². The Morgan fingerprint density at radius 2 is 1.93 bits per heavy atom. The van der Waals surface area contributed by atoms with E-state index in [0.29, 0.717) is 23.8 Å². The molecule has 160 valence electrons. The normalized spacial score (nSPS) is 15.4. The van der Waals surface area contributed by atoms with E-state index in [2.05, 4.69) is 10.6 Å². The van der Waals surface area contributed by atoms with Crippen molar-refractivity contribution >= 4 is 34.6 Å². The van der Waals surface area contributed by atoms with Crippen molar-refractivity contribution in [2.75, 3.05) is 23.0 Å². The van der Waals surface area contributed by atoms with E-state index in [4.69, 9.17) is 9.47 Å². The topological polar surface area (TPSA) is 99.7 Å². The van der Waals surface area contributed by atoms with Gasteiger partial charge in [-0.05, 0) is 80.3 Å². The van der Waals surface area contributed by atoms with E-state index in [-0.39, 0.29) is 5.91 Å². The number of cyclic esters (lactones) is 1. The molecule has 1 aliphatic heterocycles. The first-order valence-electron chi connectivity index (χ1n) is 9.78. The Hall–Kier alpha value is -2.71. The van der Waals surface area contributed by atoms with Crippen LogP contribution in [0.4, 0.5) is 16.2 Å². The number of anilines is 2. The highest BCUT2D eigenvalue weighted by molar-refractivity contribution is 7.91. The van der Waals surface area contributed by atoms with Crippen LogP contribution >= 0.6 is 0 Å². The van der Waals surface area contributed by atoms with Gasteiger partial charge in [0.25, 0.3) is 0 Å². The van der Waals surface area contributed by atoms with Crippen molar-refractivity contribution in [2.45, 2.75) is 44.1 Å². The van der Waals surface area contributed by atoms with Crippen molar-refractivity contribution in [1.82, 2.24) is 0 Å². The Labute approximate surface area is 179 Å². The number of rotatable bonds is 8. The first-order chi connectivity index (χ1) is 14.2. The summed E-state index contributed by atoms with van der Waals surface area (Å²) in [5.41, 5.74) is 1.56. The van der Waals surface area contributed by atoms with E-state index in [1.54, 1.807) is 24.3 Å². The molecule has 0 aromatic heterocycles. The van der Waals surface area contributed by atoms with Gasteiger partial charge in [-0.15, -0.1) is 0 Å². The second-order valence-corrected chi connectivity index (χ2v) is 9.11. The maximum absolute atomic E-state index is 12.4. The van der Waals surface area contributed by atoms with Crippen molar-refractivity contribution in [3.05, 3.63) is 48.0 Å². The molecule has 0 saturated heterocycles. The van der Waals surface area contributed by atoms with Gasteiger partial charge in [0, 0.05) is 18.2 Å². The largest absolute Gasteiger partial charge is 0.611 e. The predicted molar refractivity (Wildman–Crippen MR) is 116 cm³/mol. The van der Waals surface area contributed by atoms with Gasteiger partial charge in [0.05, 0.1) is 12.3 Å². The van der Waals surface area contributed by atoms with Crippen LogP contribution in [0, 0.1) is 0 Å². The number of fused-ring (bicyclic) bond motifs is 1. The summed E-state index contributed by atoms with van der Waals surface area (Å²) in [7, 11) is 0. The third-order valence-corrected chi connectivity index (χ3v) is 6.11. The van der Waals surface area contributed by atoms with Crippen LogP contribution in [-0.4, -0.2) is 28.9 Å². The second-order valence-electron chi connectivity index (χ2n) is 7.54. The summed E-state index contributed by atoms with van der Waals surface area (Å²) in [6, 6.07) is 12.6. The minimum atomic E-state index is -1.09. The lowest BCUT2D eigenvalue weighted by molar-refractivity contribution is -0.114. The Kier molecular flexibility index (Phi) is 6.89. The smallest absolute Gasteiger partial charge is 0.412 e. The van der Waals surface area contributed by atoms with Crippen molar-refractivity contribution in [1.29, 1.82) is 0 Å². The average Bonchev–Trinajstić information content (AvgIpc) is 2.67.